The number of hydrogen-bond acceptors (Lipinski definition) is 3. The van der Waals surface area contributed by atoms with Crippen LogP contribution in [0.25, 0.3) is 0 Å². The molecule has 0 aromatic heterocycles. The zero-order valence-corrected chi connectivity index (χ0v) is 10.4. The normalized spacial score (nSPS) is 18.6. The van der Waals surface area contributed by atoms with E-state index in [9.17, 15) is 4.79 Å². The van der Waals surface area contributed by atoms with Gasteiger partial charge in [-0.15, -0.1) is 0 Å². The lowest BCUT2D eigenvalue weighted by atomic mass is 10.1. The highest BCUT2D eigenvalue weighted by Crippen LogP contribution is 2.07. The summed E-state index contributed by atoms with van der Waals surface area (Å²) in [5, 5.41) is 2.97. The van der Waals surface area contributed by atoms with Gasteiger partial charge in [-0.2, -0.15) is 0 Å². The van der Waals surface area contributed by atoms with Gasteiger partial charge in [-0.3, -0.25) is 4.79 Å². The van der Waals surface area contributed by atoms with Gasteiger partial charge in [0.05, 0.1) is 0 Å². The summed E-state index contributed by atoms with van der Waals surface area (Å²) in [6.45, 7) is 6.90. The predicted octanol–water partition coefficient (Wildman–Crippen LogP) is 0.573. The Kier molecular flexibility index (Phi) is 6.42. The van der Waals surface area contributed by atoms with Crippen molar-refractivity contribution in [3.8, 4) is 0 Å². The molecule has 1 amide bonds. The molecule has 0 aromatic carbocycles. The summed E-state index contributed by atoms with van der Waals surface area (Å²) in [6.07, 6.45) is 4.50. The Bertz CT molecular complexity index is 202. The van der Waals surface area contributed by atoms with Crippen LogP contribution in [0.2, 0.25) is 0 Å². The highest BCUT2D eigenvalue weighted by Gasteiger charge is 2.12. The number of nitrogens with zero attached hydrogens (tertiary/aromatic N) is 1. The average molecular weight is 227 g/mol. The first-order valence-corrected chi connectivity index (χ1v) is 6.44. The Morgan fingerprint density at radius 1 is 1.44 bits per heavy atom. The lowest BCUT2D eigenvalue weighted by Crippen LogP contribution is -2.33. The number of nitrogens with two attached hydrogens (primary N) is 1. The topological polar surface area (TPSA) is 58.4 Å². The van der Waals surface area contributed by atoms with Gasteiger partial charge in [-0.25, -0.2) is 0 Å². The lowest BCUT2D eigenvalue weighted by molar-refractivity contribution is -0.124. The molecular weight excluding hydrogens is 202 g/mol. The molecule has 0 aromatic rings. The van der Waals surface area contributed by atoms with Crippen molar-refractivity contribution >= 4 is 5.91 Å². The molecule has 1 aliphatic rings. The van der Waals surface area contributed by atoms with E-state index in [1.807, 2.05) is 6.92 Å². The number of carbonyl (C=O) groups is 1. The quantitative estimate of drug-likeness (QED) is 0.625. The molecule has 1 saturated heterocycles. The van der Waals surface area contributed by atoms with Crippen LogP contribution in [0.4, 0.5) is 0 Å². The zero-order valence-electron chi connectivity index (χ0n) is 10.4. The second kappa shape index (κ2) is 7.63. The van der Waals surface area contributed by atoms with Crippen molar-refractivity contribution in [3.63, 3.8) is 0 Å². The van der Waals surface area contributed by atoms with Crippen molar-refractivity contribution in [1.29, 1.82) is 0 Å². The highest BCUT2D eigenvalue weighted by atomic mass is 16.1. The first-order valence-electron chi connectivity index (χ1n) is 6.44. The lowest BCUT2D eigenvalue weighted by Gasteiger charge is -2.15. The van der Waals surface area contributed by atoms with Crippen LogP contribution in [-0.4, -0.2) is 43.5 Å². The SMILES string of the molecule is CC(CCN)C(=O)NCCCN1CCCC1. The van der Waals surface area contributed by atoms with Gasteiger partial charge in [0.25, 0.3) is 0 Å². The Balaban J connectivity index is 1.99. The second-order valence-electron chi connectivity index (χ2n) is 4.67. The summed E-state index contributed by atoms with van der Waals surface area (Å²) in [7, 11) is 0. The van der Waals surface area contributed by atoms with Gasteiger partial charge in [0.2, 0.25) is 5.91 Å². The molecule has 16 heavy (non-hydrogen) atoms. The van der Waals surface area contributed by atoms with Crippen LogP contribution >= 0.6 is 0 Å². The molecule has 1 fully saturated rings. The maximum absolute atomic E-state index is 11.5. The van der Waals surface area contributed by atoms with E-state index in [2.05, 4.69) is 10.2 Å². The fourth-order valence-electron chi connectivity index (χ4n) is 2.08. The summed E-state index contributed by atoms with van der Waals surface area (Å²) in [5.74, 6) is 0.198. The summed E-state index contributed by atoms with van der Waals surface area (Å²) < 4.78 is 0. The summed E-state index contributed by atoms with van der Waals surface area (Å²) in [4.78, 5) is 14.0. The predicted molar refractivity (Wildman–Crippen MR) is 66.1 cm³/mol. The number of carbonyl (C=O) groups excluding carboxylic acids is 1. The Morgan fingerprint density at radius 2 is 2.12 bits per heavy atom. The molecule has 3 N–H and O–H groups in total. The average Bonchev–Trinajstić information content (AvgIpc) is 2.77. The first-order chi connectivity index (χ1) is 7.74. The molecule has 4 heteroatoms. The van der Waals surface area contributed by atoms with Gasteiger partial charge in [-0.05, 0) is 51.9 Å². The molecule has 0 aliphatic carbocycles. The van der Waals surface area contributed by atoms with Crippen LogP contribution in [0.1, 0.15) is 32.6 Å². The Labute approximate surface area is 98.6 Å². The second-order valence-corrected chi connectivity index (χ2v) is 4.67. The number of nitrogens with one attached hydrogen (secondary N) is 1. The largest absolute Gasteiger partial charge is 0.356 e. The van der Waals surface area contributed by atoms with E-state index in [0.717, 1.165) is 25.9 Å². The van der Waals surface area contributed by atoms with Crippen LogP contribution in [0.3, 0.4) is 0 Å². The van der Waals surface area contributed by atoms with Gasteiger partial charge in [-0.1, -0.05) is 6.92 Å². The third kappa shape index (κ3) is 4.94. The van der Waals surface area contributed by atoms with Crippen LogP contribution in [-0.2, 0) is 4.79 Å². The molecule has 0 bridgehead atoms. The summed E-state index contributed by atoms with van der Waals surface area (Å²) >= 11 is 0. The van der Waals surface area contributed by atoms with E-state index >= 15 is 0 Å². The van der Waals surface area contributed by atoms with E-state index < -0.39 is 0 Å². The summed E-state index contributed by atoms with van der Waals surface area (Å²) in [5.41, 5.74) is 5.42. The molecule has 1 heterocycles. The minimum Gasteiger partial charge on any atom is -0.356 e. The van der Waals surface area contributed by atoms with Crippen molar-refractivity contribution in [3.05, 3.63) is 0 Å². The van der Waals surface area contributed by atoms with Crippen LogP contribution in [0, 0.1) is 5.92 Å². The van der Waals surface area contributed by atoms with Crippen LogP contribution < -0.4 is 11.1 Å². The zero-order chi connectivity index (χ0) is 11.8. The summed E-state index contributed by atoms with van der Waals surface area (Å²) in [6, 6.07) is 0. The van der Waals surface area contributed by atoms with Gasteiger partial charge in [0.1, 0.15) is 0 Å². The third-order valence-electron chi connectivity index (χ3n) is 3.20. The Hall–Kier alpha value is -0.610. The number of likely N-dealkylation sites (tertiary alicyclic amines) is 1. The molecular formula is C12H25N3O. The molecule has 1 aliphatic heterocycles. The molecule has 1 unspecified atom stereocenters. The van der Waals surface area contributed by atoms with Gasteiger partial charge >= 0.3 is 0 Å². The van der Waals surface area contributed by atoms with Crippen molar-refractivity contribution in [2.24, 2.45) is 11.7 Å². The first kappa shape index (κ1) is 13.5. The minimum absolute atomic E-state index is 0.0526. The molecule has 94 valence electrons. The van der Waals surface area contributed by atoms with E-state index in [4.69, 9.17) is 5.73 Å². The number of rotatable bonds is 7. The molecule has 1 atom stereocenters. The molecule has 1 rings (SSSR count). The van der Waals surface area contributed by atoms with E-state index in [1.54, 1.807) is 0 Å². The van der Waals surface area contributed by atoms with Crippen LogP contribution in [0.15, 0.2) is 0 Å². The highest BCUT2D eigenvalue weighted by molar-refractivity contribution is 5.78. The molecule has 4 nitrogen and oxygen atoms in total. The van der Waals surface area contributed by atoms with Crippen LogP contribution in [0.5, 0.6) is 0 Å². The van der Waals surface area contributed by atoms with E-state index in [0.29, 0.717) is 6.54 Å². The third-order valence-corrected chi connectivity index (χ3v) is 3.20. The fourth-order valence-corrected chi connectivity index (χ4v) is 2.08. The molecule has 0 radical (unpaired) electrons. The van der Waals surface area contributed by atoms with Crippen molar-refractivity contribution in [1.82, 2.24) is 10.2 Å². The maximum Gasteiger partial charge on any atom is 0.222 e. The number of amides is 1. The standard InChI is InChI=1S/C12H25N3O/c1-11(5-6-13)12(16)14-7-4-10-15-8-2-3-9-15/h11H,2-10,13H2,1H3,(H,14,16). The van der Waals surface area contributed by atoms with Gasteiger partial charge in [0.15, 0.2) is 0 Å². The van der Waals surface area contributed by atoms with E-state index in [1.165, 1.54) is 25.9 Å². The Morgan fingerprint density at radius 3 is 2.75 bits per heavy atom. The van der Waals surface area contributed by atoms with Crippen molar-refractivity contribution in [2.75, 3.05) is 32.7 Å². The monoisotopic (exact) mass is 227 g/mol. The smallest absolute Gasteiger partial charge is 0.222 e. The maximum atomic E-state index is 11.5. The van der Waals surface area contributed by atoms with Gasteiger partial charge < -0.3 is 16.0 Å². The van der Waals surface area contributed by atoms with Gasteiger partial charge in [0, 0.05) is 12.5 Å². The van der Waals surface area contributed by atoms with Crippen molar-refractivity contribution in [2.45, 2.75) is 32.6 Å². The van der Waals surface area contributed by atoms with E-state index in [-0.39, 0.29) is 11.8 Å². The van der Waals surface area contributed by atoms with Crippen molar-refractivity contribution < 1.29 is 4.79 Å². The number of hydrogen-bond donors (Lipinski definition) is 2. The minimum atomic E-state index is 0.0526. The molecule has 0 spiro atoms. The fraction of sp³-hybridized carbons (Fsp3) is 0.917. The molecule has 0 saturated carbocycles.